The molecular formula is C60H94O26. The Hall–Kier alpha value is -2.91. The number of carbonyl (C=O) groups excluding carboxylic acids is 2. The van der Waals surface area contributed by atoms with E-state index < -0.39 is 211 Å². The van der Waals surface area contributed by atoms with E-state index in [0.29, 0.717) is 44.1 Å². The highest BCUT2D eigenvalue weighted by atomic mass is 16.8. The maximum Gasteiger partial charge on any atom is 0.335 e. The number of carbonyl (C=O) groups is 3. The van der Waals surface area contributed by atoms with E-state index in [4.69, 9.17) is 47.4 Å². The van der Waals surface area contributed by atoms with Crippen molar-refractivity contribution < 1.29 is 128 Å². The Bertz CT molecular complexity index is 2530. The molecule has 5 unspecified atom stereocenters. The summed E-state index contributed by atoms with van der Waals surface area (Å²) in [6.07, 6.45) is -32.1. The van der Waals surface area contributed by atoms with Crippen LogP contribution < -0.4 is 0 Å². The van der Waals surface area contributed by atoms with Gasteiger partial charge in [-0.05, 0) is 105 Å². The molecule has 0 aromatic carbocycles. The molecule has 0 bridgehead atoms. The number of allylic oxidation sites excluding steroid dienone is 3. The lowest BCUT2D eigenvalue weighted by atomic mass is 9.33. The zero-order valence-electron chi connectivity index (χ0n) is 50.9. The van der Waals surface area contributed by atoms with Crippen LogP contribution in [0.1, 0.15) is 121 Å². The van der Waals surface area contributed by atoms with Crippen molar-refractivity contribution in [2.75, 3.05) is 19.8 Å². The highest BCUT2D eigenvalue weighted by Gasteiger charge is 2.73. The average molecular weight is 1230 g/mol. The van der Waals surface area contributed by atoms with Gasteiger partial charge in [-0.25, -0.2) is 9.59 Å². The Kier molecular flexibility index (Phi) is 19.3. The second kappa shape index (κ2) is 24.6. The van der Waals surface area contributed by atoms with E-state index in [1.807, 2.05) is 27.7 Å². The molecule has 490 valence electrons. The third-order valence-electron chi connectivity index (χ3n) is 22.6. The van der Waals surface area contributed by atoms with E-state index in [1.54, 1.807) is 19.9 Å². The van der Waals surface area contributed by atoms with E-state index >= 15 is 0 Å². The monoisotopic (exact) mass is 1230 g/mol. The van der Waals surface area contributed by atoms with Crippen LogP contribution in [0.4, 0.5) is 0 Å². The number of esters is 2. The fourth-order valence-electron chi connectivity index (χ4n) is 17.2. The molecule has 26 heteroatoms. The van der Waals surface area contributed by atoms with Crippen LogP contribution in [0.15, 0.2) is 23.3 Å². The highest BCUT2D eigenvalue weighted by molar-refractivity contribution is 5.87. The molecule has 0 amide bonds. The zero-order valence-corrected chi connectivity index (χ0v) is 50.9. The highest BCUT2D eigenvalue weighted by Crippen LogP contribution is 2.76. The number of carboxylic acids is 1. The topological polar surface area (TPSA) is 407 Å². The smallest absolute Gasteiger partial charge is 0.335 e. The summed E-state index contributed by atoms with van der Waals surface area (Å²) in [5, 5.41) is 146. The molecule has 30 atom stereocenters. The van der Waals surface area contributed by atoms with Crippen LogP contribution in [-0.2, 0) is 61.8 Å². The second-order valence-corrected chi connectivity index (χ2v) is 28.1. The molecule has 8 fully saturated rings. The third kappa shape index (κ3) is 11.1. The number of rotatable bonds is 14. The first-order valence-electron chi connectivity index (χ1n) is 30.3. The largest absolute Gasteiger partial charge is 0.479 e. The van der Waals surface area contributed by atoms with Crippen LogP contribution in [0.25, 0.3) is 0 Å². The SMILES string of the molecule is C/C=C(/C)C(=O)O[C@H]1[C@H](O)[C@]2(COC(C)=O)[C@H](O)C[C@]3(C)C(=CC[C@@H]4[C@@]5(C)CC[C@H](O[C@@H]6O[C@H](C(=O)O)[C@@H](O)[C@H](O[C@@H]7OC[C@H](O)[C@H](O)[C@H]7OC7OC(C)C(O)C(O)C7O)[C@H]6O[C@@H]6O[C@H](CO)[C@H](O)[C@H](O)[C@H]6O)C(C)(C)[C@@H]5CC[C@]43C)[C@@H]2CC1(C)C. The van der Waals surface area contributed by atoms with E-state index in [2.05, 4.69) is 26.8 Å². The van der Waals surface area contributed by atoms with Gasteiger partial charge in [0.25, 0.3) is 0 Å². The number of carboxylic acid groups (broad SMARTS) is 1. The molecule has 4 aliphatic heterocycles. The quantitative estimate of drug-likeness (QED) is 0.0438. The molecule has 26 nitrogen and oxygen atoms in total. The first-order valence-corrected chi connectivity index (χ1v) is 30.3. The van der Waals surface area contributed by atoms with Gasteiger partial charge in [-0.3, -0.25) is 4.79 Å². The fourth-order valence-corrected chi connectivity index (χ4v) is 17.2. The fraction of sp³-hybridized carbons (Fsp3) is 0.883. The molecule has 0 spiro atoms. The number of aliphatic hydroxyl groups is 12. The number of hydrogen-bond acceptors (Lipinski definition) is 25. The summed E-state index contributed by atoms with van der Waals surface area (Å²) in [7, 11) is 0. The van der Waals surface area contributed by atoms with E-state index in [9.17, 15) is 80.8 Å². The molecule has 4 saturated heterocycles. The lowest BCUT2D eigenvalue weighted by molar-refractivity contribution is -0.400. The van der Waals surface area contributed by atoms with E-state index in [1.165, 1.54) is 13.8 Å². The predicted molar refractivity (Wildman–Crippen MR) is 293 cm³/mol. The summed E-state index contributed by atoms with van der Waals surface area (Å²) in [6.45, 7) is 18.8. The van der Waals surface area contributed by atoms with Gasteiger partial charge in [-0.2, -0.15) is 0 Å². The van der Waals surface area contributed by atoms with Gasteiger partial charge in [-0.15, -0.1) is 0 Å². The molecule has 13 N–H and O–H groups in total. The maximum atomic E-state index is 13.4. The number of ether oxygens (including phenoxy) is 10. The normalized spacial score (nSPS) is 50.9. The van der Waals surface area contributed by atoms with Gasteiger partial charge >= 0.3 is 17.9 Å². The number of aliphatic hydroxyl groups excluding tert-OH is 12. The Morgan fingerprint density at radius 3 is 1.94 bits per heavy atom. The van der Waals surface area contributed by atoms with Gasteiger partial charge in [-0.1, -0.05) is 66.2 Å². The number of hydrogen-bond donors (Lipinski definition) is 13. The summed E-state index contributed by atoms with van der Waals surface area (Å²) in [5.74, 6) is -3.50. The Balaban J connectivity index is 1.04. The Morgan fingerprint density at radius 1 is 0.686 bits per heavy atom. The van der Waals surface area contributed by atoms with Crippen LogP contribution in [0.2, 0.25) is 0 Å². The number of fused-ring (bicyclic) bond motifs is 7. The first kappa shape index (κ1) is 67.5. The summed E-state index contributed by atoms with van der Waals surface area (Å²) in [4.78, 5) is 39.1. The van der Waals surface area contributed by atoms with Gasteiger partial charge in [0.15, 0.2) is 31.3 Å². The standard InChI is InChI=1S/C60H94O26/c1-12-24(2)50(76)86-48-47(73)60(23-78-26(4)62)28(19-55(48,5)6)27-13-14-32-57(9)17-16-34(56(7,8)31(57)15-18-58(32,10)59(27,11)20-33(60)64)81-54-46(85-52-41(71)39(69)37(67)30(21-61)80-52)43(42(72)44(83-54)49(74)75)82-53-45(36(66)29(63)22-77-53)84-51-40(70)38(68)35(65)25(3)79-51/h12-13,25,28-48,51-54,61,63-73H,14-23H2,1-11H3,(H,74,75)/b24-12-/t25?,28-,29-,30+,31-,32+,33+,34-,35?,36-,37-,38?,39-,40?,41+,42-,43-,44-,45+,46+,47-,48-,51?,52-,53-,54+,57-,58+,59+,60-/m0/s1. The van der Waals surface area contributed by atoms with Crippen LogP contribution in [-0.4, -0.2) is 245 Å². The lowest BCUT2D eigenvalue weighted by Gasteiger charge is -2.72. The maximum absolute atomic E-state index is 13.4. The first-order chi connectivity index (χ1) is 40.1. The summed E-state index contributed by atoms with van der Waals surface area (Å²) in [6, 6.07) is 0. The van der Waals surface area contributed by atoms with Crippen molar-refractivity contribution in [2.45, 2.75) is 262 Å². The number of aliphatic carboxylic acids is 1. The van der Waals surface area contributed by atoms with Crippen molar-refractivity contribution in [1.29, 1.82) is 0 Å². The lowest BCUT2D eigenvalue weighted by Crippen LogP contribution is -2.72. The van der Waals surface area contributed by atoms with Crippen molar-refractivity contribution in [1.82, 2.24) is 0 Å². The van der Waals surface area contributed by atoms with Crippen LogP contribution >= 0.6 is 0 Å². The zero-order chi connectivity index (χ0) is 63.5. The molecule has 0 aromatic heterocycles. The van der Waals surface area contributed by atoms with Crippen molar-refractivity contribution in [3.63, 3.8) is 0 Å². The van der Waals surface area contributed by atoms with Crippen LogP contribution in [0.5, 0.6) is 0 Å². The molecule has 0 aromatic rings. The summed E-state index contributed by atoms with van der Waals surface area (Å²) in [5.41, 5.74) is -3.18. The minimum absolute atomic E-state index is 0.0105. The van der Waals surface area contributed by atoms with Gasteiger partial charge in [0.05, 0.1) is 36.9 Å². The molecule has 9 aliphatic rings. The molecule has 0 radical (unpaired) electrons. The van der Waals surface area contributed by atoms with Gasteiger partial charge in [0, 0.05) is 17.9 Å². The van der Waals surface area contributed by atoms with Crippen molar-refractivity contribution >= 4 is 17.9 Å². The van der Waals surface area contributed by atoms with Crippen molar-refractivity contribution in [3.05, 3.63) is 23.3 Å². The summed E-state index contributed by atoms with van der Waals surface area (Å²) >= 11 is 0. The third-order valence-corrected chi connectivity index (χ3v) is 22.6. The van der Waals surface area contributed by atoms with E-state index in [0.717, 1.165) is 5.57 Å². The minimum Gasteiger partial charge on any atom is -0.479 e. The predicted octanol–water partition coefficient (Wildman–Crippen LogP) is -0.803. The average Bonchev–Trinajstić information content (AvgIpc) is 0.674. The molecule has 86 heavy (non-hydrogen) atoms. The van der Waals surface area contributed by atoms with Gasteiger partial charge in [0.1, 0.15) is 98.2 Å². The molecule has 4 saturated carbocycles. The Morgan fingerprint density at radius 2 is 1.31 bits per heavy atom. The molecular weight excluding hydrogens is 1140 g/mol. The van der Waals surface area contributed by atoms with Gasteiger partial charge < -0.3 is 114 Å². The molecule has 4 heterocycles. The van der Waals surface area contributed by atoms with Gasteiger partial charge in [0.2, 0.25) is 0 Å². The Labute approximate surface area is 500 Å². The molecule has 9 rings (SSSR count). The summed E-state index contributed by atoms with van der Waals surface area (Å²) < 4.78 is 60.8. The van der Waals surface area contributed by atoms with Crippen LogP contribution in [0.3, 0.4) is 0 Å². The van der Waals surface area contributed by atoms with E-state index in [-0.39, 0.29) is 24.9 Å². The minimum atomic E-state index is -2.21. The van der Waals surface area contributed by atoms with Crippen LogP contribution in [0, 0.1) is 50.2 Å². The van der Waals surface area contributed by atoms with Crippen molar-refractivity contribution in [3.8, 4) is 0 Å². The second-order valence-electron chi connectivity index (χ2n) is 28.1. The van der Waals surface area contributed by atoms with Crippen molar-refractivity contribution in [2.24, 2.45) is 50.2 Å². The molecule has 5 aliphatic carbocycles.